The maximum absolute atomic E-state index is 12.3. The number of benzene rings is 1. The first-order chi connectivity index (χ1) is 17.0. The summed E-state index contributed by atoms with van der Waals surface area (Å²) in [7, 11) is 0. The van der Waals surface area contributed by atoms with Crippen molar-refractivity contribution in [2.75, 3.05) is 11.9 Å². The van der Waals surface area contributed by atoms with Crippen molar-refractivity contribution in [3.8, 4) is 22.3 Å². The van der Waals surface area contributed by atoms with Crippen molar-refractivity contribution in [2.45, 2.75) is 26.3 Å². The van der Waals surface area contributed by atoms with Crippen LogP contribution >= 0.6 is 0 Å². The third-order valence-electron chi connectivity index (χ3n) is 5.44. The van der Waals surface area contributed by atoms with Crippen LogP contribution in [0.15, 0.2) is 73.3 Å². The van der Waals surface area contributed by atoms with Gasteiger partial charge in [-0.3, -0.25) is 10.3 Å². The second kappa shape index (κ2) is 9.72. The second-order valence-corrected chi connectivity index (χ2v) is 8.39. The van der Waals surface area contributed by atoms with Crippen molar-refractivity contribution < 1.29 is 4.79 Å². The molecular weight excluding hydrogens is 442 g/mol. The number of pyridine rings is 2. The van der Waals surface area contributed by atoms with E-state index >= 15 is 0 Å². The molecule has 0 saturated heterocycles. The summed E-state index contributed by atoms with van der Waals surface area (Å²) in [5, 5.41) is 17.8. The highest BCUT2D eigenvalue weighted by Crippen LogP contribution is 2.26. The number of nitrogens with zero attached hydrogens (tertiary/aromatic N) is 7. The van der Waals surface area contributed by atoms with Crippen molar-refractivity contribution >= 4 is 17.5 Å². The fraction of sp³-hybridized carbons (Fsp3) is 0.200. The van der Waals surface area contributed by atoms with E-state index in [0.717, 1.165) is 27.9 Å². The average molecular weight is 468 g/mol. The lowest BCUT2D eigenvalue weighted by Crippen LogP contribution is -2.30. The highest BCUT2D eigenvalue weighted by Gasteiger charge is 2.10. The van der Waals surface area contributed by atoms with Crippen LogP contribution in [-0.4, -0.2) is 47.2 Å². The van der Waals surface area contributed by atoms with Gasteiger partial charge in [0.2, 0.25) is 0 Å². The molecule has 0 radical (unpaired) electrons. The molecule has 5 aromatic rings. The van der Waals surface area contributed by atoms with Crippen molar-refractivity contribution in [1.82, 2.24) is 39.9 Å². The number of carbonyl (C=O) groups is 1. The Morgan fingerprint density at radius 3 is 2.54 bits per heavy atom. The summed E-state index contributed by atoms with van der Waals surface area (Å²) in [5.74, 6) is 1.05. The van der Waals surface area contributed by atoms with E-state index in [0.29, 0.717) is 24.6 Å². The molecule has 0 aliphatic heterocycles. The van der Waals surface area contributed by atoms with E-state index < -0.39 is 0 Å². The van der Waals surface area contributed by atoms with Gasteiger partial charge in [0.15, 0.2) is 11.6 Å². The highest BCUT2D eigenvalue weighted by atomic mass is 16.2. The third kappa shape index (κ3) is 5.16. The van der Waals surface area contributed by atoms with Crippen LogP contribution < -0.4 is 10.6 Å². The molecule has 0 aliphatic carbocycles. The number of imidazole rings is 1. The SMILES string of the molecule is CC(C)n1nnc(CCNC(=O)Nc2cn3cc(-c4cncc(-c5ccccc5)c4)ccc3n2)n1. The zero-order valence-corrected chi connectivity index (χ0v) is 19.5. The number of nitrogens with one attached hydrogen (secondary N) is 2. The molecule has 1 aromatic carbocycles. The fourth-order valence-electron chi connectivity index (χ4n) is 3.63. The number of fused-ring (bicyclic) bond motifs is 1. The number of anilines is 1. The lowest BCUT2D eigenvalue weighted by Gasteiger charge is -2.06. The largest absolute Gasteiger partial charge is 0.337 e. The van der Waals surface area contributed by atoms with E-state index in [1.165, 1.54) is 0 Å². The Morgan fingerprint density at radius 1 is 0.971 bits per heavy atom. The van der Waals surface area contributed by atoms with Gasteiger partial charge >= 0.3 is 6.03 Å². The number of carbonyl (C=O) groups excluding carboxylic acids is 1. The van der Waals surface area contributed by atoms with Gasteiger partial charge in [0.05, 0.1) is 12.2 Å². The summed E-state index contributed by atoms with van der Waals surface area (Å²) < 4.78 is 1.88. The Kier molecular flexibility index (Phi) is 6.16. The normalized spacial score (nSPS) is 11.2. The molecule has 35 heavy (non-hydrogen) atoms. The van der Waals surface area contributed by atoms with Crippen molar-refractivity contribution in [2.24, 2.45) is 0 Å². The maximum Gasteiger partial charge on any atom is 0.320 e. The molecule has 0 saturated carbocycles. The van der Waals surface area contributed by atoms with Gasteiger partial charge < -0.3 is 9.72 Å². The highest BCUT2D eigenvalue weighted by molar-refractivity contribution is 5.88. The van der Waals surface area contributed by atoms with Gasteiger partial charge in [-0.05, 0) is 42.8 Å². The molecule has 0 unspecified atom stereocenters. The van der Waals surface area contributed by atoms with Crippen LogP contribution in [0, 0.1) is 0 Å². The van der Waals surface area contributed by atoms with Crippen LogP contribution in [0.3, 0.4) is 0 Å². The van der Waals surface area contributed by atoms with Gasteiger partial charge in [-0.25, -0.2) is 9.78 Å². The van der Waals surface area contributed by atoms with Crippen LogP contribution in [0.25, 0.3) is 27.9 Å². The van der Waals surface area contributed by atoms with Gasteiger partial charge in [0.25, 0.3) is 0 Å². The van der Waals surface area contributed by atoms with Crippen LogP contribution in [0.5, 0.6) is 0 Å². The summed E-state index contributed by atoms with van der Waals surface area (Å²) in [6.45, 7) is 4.35. The molecular formula is C25H25N9O. The Labute approximate surface area is 202 Å². The molecule has 176 valence electrons. The quantitative estimate of drug-likeness (QED) is 0.374. The van der Waals surface area contributed by atoms with Crippen molar-refractivity contribution in [1.29, 1.82) is 0 Å². The predicted molar refractivity (Wildman–Crippen MR) is 133 cm³/mol. The number of tetrazole rings is 1. The Bertz CT molecular complexity index is 1460. The van der Waals surface area contributed by atoms with Gasteiger partial charge in [0.1, 0.15) is 5.65 Å². The molecule has 10 heteroatoms. The zero-order chi connectivity index (χ0) is 24.2. The lowest BCUT2D eigenvalue weighted by molar-refractivity contribution is 0.252. The van der Waals surface area contributed by atoms with Crippen LogP contribution in [0.4, 0.5) is 10.6 Å². The molecule has 4 aromatic heterocycles. The molecule has 10 nitrogen and oxygen atoms in total. The topological polar surface area (TPSA) is 115 Å². The number of urea groups is 1. The lowest BCUT2D eigenvalue weighted by atomic mass is 10.0. The molecule has 0 spiro atoms. The third-order valence-corrected chi connectivity index (χ3v) is 5.44. The van der Waals surface area contributed by atoms with Gasteiger partial charge in [-0.2, -0.15) is 4.80 Å². The minimum absolute atomic E-state index is 0.145. The smallest absolute Gasteiger partial charge is 0.320 e. The van der Waals surface area contributed by atoms with Gasteiger partial charge in [0, 0.05) is 48.2 Å². The van der Waals surface area contributed by atoms with E-state index in [1.807, 2.05) is 67.2 Å². The van der Waals surface area contributed by atoms with Crippen LogP contribution in [0.2, 0.25) is 0 Å². The molecule has 0 aliphatic rings. The molecule has 0 fully saturated rings. The van der Waals surface area contributed by atoms with E-state index in [9.17, 15) is 4.79 Å². The van der Waals surface area contributed by atoms with E-state index in [1.54, 1.807) is 11.0 Å². The standard InChI is InChI=1S/C25H25N9O/c1-17(2)34-31-22(30-32-34)10-11-27-25(35)29-23-16-33-15-19(8-9-24(33)28-23)21-12-20(13-26-14-21)18-6-4-3-5-7-18/h3-9,12-17H,10-11H2,1-2H3,(H2,27,29,35). The van der Waals surface area contributed by atoms with E-state index in [2.05, 4.69) is 54.2 Å². The molecule has 0 bridgehead atoms. The molecule has 4 heterocycles. The first-order valence-electron chi connectivity index (χ1n) is 11.4. The first kappa shape index (κ1) is 22.2. The Hall–Kier alpha value is -4.60. The van der Waals surface area contributed by atoms with Crippen molar-refractivity contribution in [3.63, 3.8) is 0 Å². The zero-order valence-electron chi connectivity index (χ0n) is 19.5. The van der Waals surface area contributed by atoms with Crippen molar-refractivity contribution in [3.05, 3.63) is 79.1 Å². The van der Waals surface area contributed by atoms with Crippen LogP contribution in [-0.2, 0) is 6.42 Å². The van der Waals surface area contributed by atoms with Crippen LogP contribution in [0.1, 0.15) is 25.7 Å². The summed E-state index contributed by atoms with van der Waals surface area (Å²) in [4.78, 5) is 22.8. The first-order valence-corrected chi connectivity index (χ1v) is 11.4. The molecule has 2 amide bonds. The van der Waals surface area contributed by atoms with Gasteiger partial charge in [-0.15, -0.1) is 10.2 Å². The molecule has 0 atom stereocenters. The number of hydrogen-bond acceptors (Lipinski definition) is 6. The molecule has 5 rings (SSSR count). The summed E-state index contributed by atoms with van der Waals surface area (Å²) >= 11 is 0. The minimum atomic E-state index is -0.343. The summed E-state index contributed by atoms with van der Waals surface area (Å²) in [5.41, 5.74) is 4.89. The summed E-state index contributed by atoms with van der Waals surface area (Å²) in [6.07, 6.45) is 7.94. The number of amides is 2. The average Bonchev–Trinajstić information content (AvgIpc) is 3.51. The maximum atomic E-state index is 12.3. The monoisotopic (exact) mass is 467 g/mol. The number of aromatic nitrogens is 7. The van der Waals surface area contributed by atoms with E-state index in [-0.39, 0.29) is 12.1 Å². The van der Waals surface area contributed by atoms with E-state index in [4.69, 9.17) is 0 Å². The Balaban J connectivity index is 1.24. The van der Waals surface area contributed by atoms with Gasteiger partial charge in [-0.1, -0.05) is 30.3 Å². The number of hydrogen-bond donors (Lipinski definition) is 2. The predicted octanol–water partition coefficient (Wildman–Crippen LogP) is 3.99. The summed E-state index contributed by atoms with van der Waals surface area (Å²) in [6, 6.07) is 16.0. The fourth-order valence-corrected chi connectivity index (χ4v) is 3.63. The minimum Gasteiger partial charge on any atom is -0.337 e. The number of rotatable bonds is 7. The second-order valence-electron chi connectivity index (χ2n) is 8.39. The molecule has 2 N–H and O–H groups in total. The Morgan fingerprint density at radius 2 is 1.77 bits per heavy atom.